The fourth-order valence-corrected chi connectivity index (χ4v) is 2.54. The van der Waals surface area contributed by atoms with Crippen LogP contribution in [0, 0.1) is 0 Å². The zero-order valence-corrected chi connectivity index (χ0v) is 11.8. The van der Waals surface area contributed by atoms with Crippen molar-refractivity contribution in [2.24, 2.45) is 0 Å². The average Bonchev–Trinajstić information content (AvgIpc) is 2.48. The van der Waals surface area contributed by atoms with Gasteiger partial charge in [-0.2, -0.15) is 0 Å². The summed E-state index contributed by atoms with van der Waals surface area (Å²) in [5, 5.41) is 1.31. The molecule has 2 heterocycles. The Morgan fingerprint density at radius 3 is 2.65 bits per heavy atom. The van der Waals surface area contributed by atoms with E-state index in [9.17, 15) is 4.79 Å². The van der Waals surface area contributed by atoms with Gasteiger partial charge in [-0.05, 0) is 24.6 Å². The number of rotatable bonds is 2. The van der Waals surface area contributed by atoms with Crippen molar-refractivity contribution < 1.29 is 0 Å². The Morgan fingerprint density at radius 2 is 1.95 bits per heavy atom. The molecule has 0 aliphatic heterocycles. The molecular weight excluding hydrogens is 272 g/mol. The maximum Gasteiger partial charge on any atom is 0.258 e. The molecule has 1 aromatic carbocycles. The summed E-state index contributed by atoms with van der Waals surface area (Å²) < 4.78 is 1.73. The van der Waals surface area contributed by atoms with Gasteiger partial charge in [-0.25, -0.2) is 4.98 Å². The molecule has 0 saturated carbocycles. The molecule has 0 N–H and O–H groups in total. The van der Waals surface area contributed by atoms with Crippen LogP contribution in [-0.4, -0.2) is 9.55 Å². The first-order valence-corrected chi connectivity index (χ1v) is 6.83. The molecule has 0 bridgehead atoms. The van der Waals surface area contributed by atoms with E-state index in [1.807, 2.05) is 43.3 Å². The van der Waals surface area contributed by atoms with Gasteiger partial charge in [-0.15, -0.1) is 0 Å². The van der Waals surface area contributed by atoms with Crippen molar-refractivity contribution in [1.29, 1.82) is 0 Å². The van der Waals surface area contributed by atoms with Gasteiger partial charge < -0.3 is 4.57 Å². The van der Waals surface area contributed by atoms with Crippen molar-refractivity contribution in [2.45, 2.75) is 13.5 Å². The Labute approximate surface area is 121 Å². The third-order valence-electron chi connectivity index (χ3n) is 3.35. The summed E-state index contributed by atoms with van der Waals surface area (Å²) in [5.41, 5.74) is 2.41. The Bertz CT molecular complexity index is 825. The molecule has 0 aliphatic carbocycles. The highest BCUT2D eigenvalue weighted by molar-refractivity contribution is 6.30. The molecule has 0 atom stereocenters. The smallest absolute Gasteiger partial charge is 0.258 e. The van der Waals surface area contributed by atoms with Crippen LogP contribution in [0.25, 0.3) is 22.0 Å². The van der Waals surface area contributed by atoms with E-state index >= 15 is 0 Å². The van der Waals surface area contributed by atoms with E-state index in [0.29, 0.717) is 17.3 Å². The molecule has 0 spiro atoms. The van der Waals surface area contributed by atoms with Gasteiger partial charge in [0.05, 0.1) is 5.52 Å². The topological polar surface area (TPSA) is 34.9 Å². The second-order valence-electron chi connectivity index (χ2n) is 4.54. The van der Waals surface area contributed by atoms with Crippen molar-refractivity contribution >= 4 is 22.5 Å². The fraction of sp³-hybridized carbons (Fsp3) is 0.125. The van der Waals surface area contributed by atoms with Crippen molar-refractivity contribution in [3.05, 3.63) is 64.2 Å². The molecule has 100 valence electrons. The summed E-state index contributed by atoms with van der Waals surface area (Å²) >= 11 is 5.93. The molecule has 0 unspecified atom stereocenters. The van der Waals surface area contributed by atoms with Crippen LogP contribution in [0.1, 0.15) is 6.92 Å². The Kier molecular flexibility index (Phi) is 3.28. The van der Waals surface area contributed by atoms with E-state index in [1.54, 1.807) is 16.8 Å². The third-order valence-corrected chi connectivity index (χ3v) is 3.55. The monoisotopic (exact) mass is 284 g/mol. The number of aromatic nitrogens is 2. The molecule has 0 saturated heterocycles. The van der Waals surface area contributed by atoms with Gasteiger partial charge in [0.1, 0.15) is 5.15 Å². The summed E-state index contributed by atoms with van der Waals surface area (Å²) in [6.45, 7) is 2.54. The number of aryl methyl sites for hydroxylation is 1. The lowest BCUT2D eigenvalue weighted by molar-refractivity contribution is 0.761. The minimum atomic E-state index is -0.00605. The summed E-state index contributed by atoms with van der Waals surface area (Å²) in [6.07, 6.45) is 1.70. The molecule has 4 heteroatoms. The Morgan fingerprint density at radius 1 is 1.20 bits per heavy atom. The van der Waals surface area contributed by atoms with E-state index in [-0.39, 0.29) is 5.56 Å². The molecule has 0 aliphatic rings. The molecule has 3 aromatic rings. The summed E-state index contributed by atoms with van der Waals surface area (Å²) in [5.74, 6) is 0. The minimum absolute atomic E-state index is 0.00605. The number of benzene rings is 1. The zero-order chi connectivity index (χ0) is 14.1. The molecule has 2 aromatic heterocycles. The lowest BCUT2D eigenvalue weighted by Crippen LogP contribution is -2.21. The van der Waals surface area contributed by atoms with Gasteiger partial charge in [0.2, 0.25) is 0 Å². The van der Waals surface area contributed by atoms with Crippen LogP contribution >= 0.6 is 11.6 Å². The van der Waals surface area contributed by atoms with Gasteiger partial charge >= 0.3 is 0 Å². The van der Waals surface area contributed by atoms with Crippen LogP contribution in [0.4, 0.5) is 0 Å². The second kappa shape index (κ2) is 5.10. The molecule has 0 radical (unpaired) electrons. The van der Waals surface area contributed by atoms with E-state index < -0.39 is 0 Å². The zero-order valence-electron chi connectivity index (χ0n) is 11.0. The first-order valence-electron chi connectivity index (χ1n) is 6.45. The number of pyridine rings is 2. The van der Waals surface area contributed by atoms with E-state index in [1.165, 1.54) is 0 Å². The van der Waals surface area contributed by atoms with E-state index in [4.69, 9.17) is 11.6 Å². The highest BCUT2D eigenvalue weighted by Crippen LogP contribution is 2.22. The van der Waals surface area contributed by atoms with Gasteiger partial charge in [0.25, 0.3) is 5.56 Å². The summed E-state index contributed by atoms with van der Waals surface area (Å²) in [6, 6.07) is 13.3. The van der Waals surface area contributed by atoms with Crippen LogP contribution < -0.4 is 5.56 Å². The standard InChI is InChI=1S/C16H13ClN2O/c1-2-19-14-9-15(17)18-10-12(14)8-13(16(19)20)11-6-4-3-5-7-11/h3-10H,2H2,1H3. The van der Waals surface area contributed by atoms with Gasteiger partial charge in [-0.1, -0.05) is 41.9 Å². The van der Waals surface area contributed by atoms with Gasteiger partial charge in [0, 0.05) is 23.7 Å². The van der Waals surface area contributed by atoms with Crippen LogP contribution in [-0.2, 0) is 6.54 Å². The first-order chi connectivity index (χ1) is 9.70. The largest absolute Gasteiger partial charge is 0.308 e. The third kappa shape index (κ3) is 2.10. The quantitative estimate of drug-likeness (QED) is 0.672. The molecule has 3 rings (SSSR count). The average molecular weight is 285 g/mol. The van der Waals surface area contributed by atoms with Crippen molar-refractivity contribution in [2.75, 3.05) is 0 Å². The van der Waals surface area contributed by atoms with Crippen LogP contribution in [0.2, 0.25) is 5.15 Å². The Hall–Kier alpha value is -2.13. The summed E-state index contributed by atoms with van der Waals surface area (Å²) in [4.78, 5) is 16.7. The first kappa shape index (κ1) is 12.9. The van der Waals surface area contributed by atoms with E-state index in [2.05, 4.69) is 4.98 Å². The Balaban J connectivity index is 2.38. The van der Waals surface area contributed by atoms with Gasteiger partial charge in [-0.3, -0.25) is 4.79 Å². The number of hydrogen-bond donors (Lipinski definition) is 0. The van der Waals surface area contributed by atoms with Crippen molar-refractivity contribution in [3.63, 3.8) is 0 Å². The predicted molar refractivity (Wildman–Crippen MR) is 82.1 cm³/mol. The van der Waals surface area contributed by atoms with Crippen molar-refractivity contribution in [3.8, 4) is 11.1 Å². The van der Waals surface area contributed by atoms with Gasteiger partial charge in [0.15, 0.2) is 0 Å². The molecule has 0 amide bonds. The summed E-state index contributed by atoms with van der Waals surface area (Å²) in [7, 11) is 0. The normalized spacial score (nSPS) is 10.9. The number of hydrogen-bond acceptors (Lipinski definition) is 2. The highest BCUT2D eigenvalue weighted by Gasteiger charge is 2.10. The maximum absolute atomic E-state index is 12.6. The number of nitrogens with zero attached hydrogens (tertiary/aromatic N) is 2. The lowest BCUT2D eigenvalue weighted by atomic mass is 10.1. The maximum atomic E-state index is 12.6. The fourth-order valence-electron chi connectivity index (χ4n) is 2.39. The number of halogens is 1. The highest BCUT2D eigenvalue weighted by atomic mass is 35.5. The van der Waals surface area contributed by atoms with Crippen LogP contribution in [0.3, 0.4) is 0 Å². The lowest BCUT2D eigenvalue weighted by Gasteiger charge is -2.11. The van der Waals surface area contributed by atoms with Crippen LogP contribution in [0.5, 0.6) is 0 Å². The molecule has 0 fully saturated rings. The molecule has 3 nitrogen and oxygen atoms in total. The number of fused-ring (bicyclic) bond motifs is 1. The van der Waals surface area contributed by atoms with Crippen LogP contribution in [0.15, 0.2) is 53.5 Å². The second-order valence-corrected chi connectivity index (χ2v) is 4.93. The SMILES string of the molecule is CCn1c(=O)c(-c2ccccc2)cc2cnc(Cl)cc21. The predicted octanol–water partition coefficient (Wildman–Crippen LogP) is 3.74. The van der Waals surface area contributed by atoms with Crippen molar-refractivity contribution in [1.82, 2.24) is 9.55 Å². The van der Waals surface area contributed by atoms with E-state index in [0.717, 1.165) is 16.5 Å². The molecular formula is C16H13ClN2O. The minimum Gasteiger partial charge on any atom is -0.308 e. The molecule has 20 heavy (non-hydrogen) atoms.